The lowest BCUT2D eigenvalue weighted by molar-refractivity contribution is -0.384. The van der Waals surface area contributed by atoms with Gasteiger partial charge >= 0.3 is 5.97 Å². The molecule has 0 aliphatic carbocycles. The Balaban J connectivity index is 0.00000420. The number of hydrogen-bond donors (Lipinski definition) is 2. The van der Waals surface area contributed by atoms with Crippen molar-refractivity contribution < 1.29 is 14.5 Å². The average molecular weight is 519 g/mol. The zero-order valence-electron chi connectivity index (χ0n) is 16.9. The lowest BCUT2D eigenvalue weighted by atomic mass is 9.97. The van der Waals surface area contributed by atoms with E-state index in [0.717, 1.165) is 38.4 Å². The van der Waals surface area contributed by atoms with E-state index < -0.39 is 4.92 Å². The molecule has 1 aromatic rings. The first-order valence-corrected chi connectivity index (χ1v) is 9.74. The number of nitrogens with one attached hydrogen (secondary N) is 2. The molecule has 10 heteroatoms. The number of benzene rings is 1. The molecule has 1 heterocycles. The van der Waals surface area contributed by atoms with Crippen molar-refractivity contribution in [1.82, 2.24) is 10.2 Å². The Kier molecular flexibility index (Phi) is 11.3. The van der Waals surface area contributed by atoms with Gasteiger partial charge in [-0.15, -0.1) is 24.0 Å². The molecular formula is C19H30IN5O4. The molecule has 0 atom stereocenters. The second-order valence-electron chi connectivity index (χ2n) is 6.45. The molecule has 0 unspecified atom stereocenters. The van der Waals surface area contributed by atoms with Gasteiger partial charge in [-0.05, 0) is 32.8 Å². The number of piperidine rings is 1. The van der Waals surface area contributed by atoms with E-state index in [1.54, 1.807) is 18.2 Å². The third kappa shape index (κ3) is 7.67. The van der Waals surface area contributed by atoms with Gasteiger partial charge in [-0.3, -0.25) is 19.9 Å². The summed E-state index contributed by atoms with van der Waals surface area (Å²) in [7, 11) is 0. The number of para-hydroxylation sites is 2. The quantitative estimate of drug-likeness (QED) is 0.103. The molecular weight excluding hydrogens is 489 g/mol. The van der Waals surface area contributed by atoms with Crippen LogP contribution in [0.1, 0.15) is 26.7 Å². The van der Waals surface area contributed by atoms with Crippen LogP contribution in [-0.2, 0) is 9.53 Å². The Morgan fingerprint density at radius 2 is 2.00 bits per heavy atom. The number of nitro benzene ring substituents is 1. The van der Waals surface area contributed by atoms with Gasteiger partial charge in [-0.2, -0.15) is 0 Å². The summed E-state index contributed by atoms with van der Waals surface area (Å²) < 4.78 is 5.11. The summed E-state index contributed by atoms with van der Waals surface area (Å²) >= 11 is 0. The fraction of sp³-hybridized carbons (Fsp3) is 0.579. The van der Waals surface area contributed by atoms with Crippen LogP contribution >= 0.6 is 24.0 Å². The summed E-state index contributed by atoms with van der Waals surface area (Å²) in [5.41, 5.74) is 0.544. The van der Waals surface area contributed by atoms with Crippen LogP contribution in [0.2, 0.25) is 0 Å². The summed E-state index contributed by atoms with van der Waals surface area (Å²) in [6.45, 7) is 7.43. The number of halogens is 1. The lowest BCUT2D eigenvalue weighted by Gasteiger charge is -2.33. The van der Waals surface area contributed by atoms with Gasteiger partial charge in [-0.1, -0.05) is 12.1 Å². The number of esters is 1. The Morgan fingerprint density at radius 1 is 1.31 bits per heavy atom. The smallest absolute Gasteiger partial charge is 0.309 e. The number of nitrogens with zero attached hydrogens (tertiary/aromatic N) is 3. The summed E-state index contributed by atoms with van der Waals surface area (Å²) in [6, 6.07) is 6.57. The van der Waals surface area contributed by atoms with E-state index >= 15 is 0 Å². The van der Waals surface area contributed by atoms with Crippen molar-refractivity contribution in [3.63, 3.8) is 0 Å². The highest BCUT2D eigenvalue weighted by Gasteiger charge is 2.27. The zero-order valence-corrected chi connectivity index (χ0v) is 19.3. The van der Waals surface area contributed by atoms with Crippen molar-refractivity contribution in [2.75, 3.05) is 44.6 Å². The van der Waals surface area contributed by atoms with E-state index in [2.05, 4.69) is 20.5 Å². The molecule has 0 radical (unpaired) electrons. The van der Waals surface area contributed by atoms with Crippen molar-refractivity contribution >= 4 is 47.3 Å². The number of hydrogen-bond acceptors (Lipinski definition) is 6. The topological polar surface area (TPSA) is 109 Å². The van der Waals surface area contributed by atoms with Crippen molar-refractivity contribution in [3.8, 4) is 0 Å². The summed E-state index contributed by atoms with van der Waals surface area (Å²) in [4.78, 5) is 29.3. The van der Waals surface area contributed by atoms with Crippen LogP contribution in [0.15, 0.2) is 29.3 Å². The maximum atomic E-state index is 11.9. The van der Waals surface area contributed by atoms with Gasteiger partial charge in [0.25, 0.3) is 5.69 Å². The fourth-order valence-electron chi connectivity index (χ4n) is 3.15. The molecule has 9 nitrogen and oxygen atoms in total. The predicted molar refractivity (Wildman–Crippen MR) is 124 cm³/mol. The highest BCUT2D eigenvalue weighted by molar-refractivity contribution is 14.0. The summed E-state index contributed by atoms with van der Waals surface area (Å²) in [5, 5.41) is 17.4. The Morgan fingerprint density at radius 3 is 2.62 bits per heavy atom. The molecule has 1 aliphatic heterocycles. The van der Waals surface area contributed by atoms with Crippen LogP contribution in [0, 0.1) is 16.0 Å². The van der Waals surface area contributed by atoms with Gasteiger partial charge in [0.15, 0.2) is 5.96 Å². The minimum absolute atomic E-state index is 0. The first kappa shape index (κ1) is 24.9. The van der Waals surface area contributed by atoms with E-state index in [4.69, 9.17) is 4.74 Å². The van der Waals surface area contributed by atoms with Crippen LogP contribution in [-0.4, -0.2) is 61.1 Å². The third-order valence-corrected chi connectivity index (χ3v) is 4.54. The van der Waals surface area contributed by atoms with Crippen LogP contribution in [0.4, 0.5) is 11.4 Å². The van der Waals surface area contributed by atoms with E-state index in [-0.39, 0.29) is 41.6 Å². The molecule has 1 aromatic carbocycles. The van der Waals surface area contributed by atoms with Crippen LogP contribution in [0.25, 0.3) is 0 Å². The Labute approximate surface area is 188 Å². The minimum Gasteiger partial charge on any atom is -0.466 e. The van der Waals surface area contributed by atoms with Crippen molar-refractivity contribution in [3.05, 3.63) is 34.4 Å². The normalized spacial score (nSPS) is 14.7. The van der Waals surface area contributed by atoms with E-state index in [0.29, 0.717) is 25.4 Å². The number of nitro groups is 1. The number of rotatable bonds is 8. The summed E-state index contributed by atoms with van der Waals surface area (Å²) in [5.74, 6) is 0.645. The fourth-order valence-corrected chi connectivity index (χ4v) is 3.15. The standard InChI is InChI=1S/C19H29N5O4.HI/c1-3-20-19(23-13-9-15(10-14-23)18(25)28-4-2)22-12-11-21-16-7-5-6-8-17(16)24(26)27;/h5-8,15,21H,3-4,9-14H2,1-2H3,(H,20,22);1H. The Hall–Kier alpha value is -2.11. The third-order valence-electron chi connectivity index (χ3n) is 4.54. The van der Waals surface area contributed by atoms with Gasteiger partial charge in [-0.25, -0.2) is 0 Å². The number of anilines is 1. The number of likely N-dealkylation sites (tertiary alicyclic amines) is 1. The highest BCUT2D eigenvalue weighted by atomic mass is 127. The van der Waals surface area contributed by atoms with Crippen molar-refractivity contribution in [2.45, 2.75) is 26.7 Å². The van der Waals surface area contributed by atoms with E-state index in [1.165, 1.54) is 6.07 Å². The first-order valence-electron chi connectivity index (χ1n) is 9.74. The first-order chi connectivity index (χ1) is 13.6. The number of carbonyl (C=O) groups excluding carboxylic acids is 1. The second-order valence-corrected chi connectivity index (χ2v) is 6.45. The molecule has 1 saturated heterocycles. The van der Waals surface area contributed by atoms with Crippen LogP contribution < -0.4 is 10.6 Å². The molecule has 2 rings (SSSR count). The van der Waals surface area contributed by atoms with E-state index in [1.807, 2.05) is 13.8 Å². The predicted octanol–water partition coefficient (Wildman–Crippen LogP) is 2.87. The molecule has 1 fully saturated rings. The molecule has 29 heavy (non-hydrogen) atoms. The minimum atomic E-state index is -0.399. The molecule has 1 aliphatic rings. The second kappa shape index (κ2) is 13.2. The molecule has 162 valence electrons. The van der Waals surface area contributed by atoms with Crippen molar-refractivity contribution in [2.24, 2.45) is 10.9 Å². The summed E-state index contributed by atoms with van der Waals surface area (Å²) in [6.07, 6.45) is 1.50. The number of guanidine groups is 1. The average Bonchev–Trinajstić information content (AvgIpc) is 2.71. The number of ether oxygens (including phenoxy) is 1. The SMILES string of the molecule is CCNC(=NCCNc1ccccc1[N+](=O)[O-])N1CCC(C(=O)OCC)CC1.I. The van der Waals surface area contributed by atoms with Gasteiger partial charge in [0.05, 0.1) is 24.0 Å². The van der Waals surface area contributed by atoms with E-state index in [9.17, 15) is 14.9 Å². The molecule has 0 bridgehead atoms. The Bertz CT molecular complexity index is 693. The monoisotopic (exact) mass is 519 g/mol. The maximum Gasteiger partial charge on any atom is 0.309 e. The van der Waals surface area contributed by atoms with Crippen LogP contribution in [0.5, 0.6) is 0 Å². The molecule has 0 aromatic heterocycles. The number of carbonyl (C=O) groups is 1. The molecule has 0 saturated carbocycles. The van der Waals surface area contributed by atoms with Crippen LogP contribution in [0.3, 0.4) is 0 Å². The zero-order chi connectivity index (χ0) is 20.4. The van der Waals surface area contributed by atoms with Gasteiger partial charge in [0, 0.05) is 32.2 Å². The van der Waals surface area contributed by atoms with Crippen molar-refractivity contribution in [1.29, 1.82) is 0 Å². The molecule has 0 spiro atoms. The lowest BCUT2D eigenvalue weighted by Crippen LogP contribution is -2.47. The highest BCUT2D eigenvalue weighted by Crippen LogP contribution is 2.22. The van der Waals surface area contributed by atoms with Gasteiger partial charge in [0.2, 0.25) is 0 Å². The van der Waals surface area contributed by atoms with Gasteiger partial charge < -0.3 is 20.3 Å². The number of aliphatic imine (C=N–C) groups is 1. The molecule has 0 amide bonds. The largest absolute Gasteiger partial charge is 0.466 e. The molecule has 2 N–H and O–H groups in total. The maximum absolute atomic E-state index is 11.9. The van der Waals surface area contributed by atoms with Gasteiger partial charge in [0.1, 0.15) is 5.69 Å².